The Morgan fingerprint density at radius 3 is 2.53 bits per heavy atom. The van der Waals surface area contributed by atoms with Crippen molar-refractivity contribution in [1.82, 2.24) is 0 Å². The summed E-state index contributed by atoms with van der Waals surface area (Å²) in [7, 11) is 0. The molecule has 0 amide bonds. The molecule has 3 nitrogen and oxygen atoms in total. The fourth-order valence-corrected chi connectivity index (χ4v) is 2.70. The smallest absolute Gasteiger partial charge is 0.106 e. The average Bonchev–Trinajstić information content (AvgIpc) is 2.78. The van der Waals surface area contributed by atoms with Crippen molar-refractivity contribution in [3.8, 4) is 0 Å². The molecular formula is C14H15Cl2NO2. The topological polar surface area (TPSA) is 59.4 Å². The molecule has 0 aliphatic heterocycles. The van der Waals surface area contributed by atoms with Crippen LogP contribution in [0.1, 0.15) is 28.9 Å². The van der Waals surface area contributed by atoms with E-state index in [1.54, 1.807) is 37.5 Å². The van der Waals surface area contributed by atoms with E-state index in [9.17, 15) is 5.11 Å². The monoisotopic (exact) mass is 299 g/mol. The van der Waals surface area contributed by atoms with Crippen molar-refractivity contribution < 1.29 is 9.52 Å². The Bertz CT molecular complexity index is 568. The number of hydrogen-bond acceptors (Lipinski definition) is 3. The van der Waals surface area contributed by atoms with Crippen LogP contribution in [0, 0.1) is 6.92 Å². The average molecular weight is 300 g/mol. The Balaban J connectivity index is 2.37. The molecule has 1 aromatic carbocycles. The van der Waals surface area contributed by atoms with Gasteiger partial charge in [-0.15, -0.1) is 0 Å². The van der Waals surface area contributed by atoms with Crippen molar-refractivity contribution in [1.29, 1.82) is 0 Å². The molecule has 2 rings (SSSR count). The molecule has 0 aliphatic rings. The van der Waals surface area contributed by atoms with Crippen molar-refractivity contribution in [3.63, 3.8) is 0 Å². The van der Waals surface area contributed by atoms with Gasteiger partial charge in [0.25, 0.3) is 0 Å². The van der Waals surface area contributed by atoms with Gasteiger partial charge in [-0.05, 0) is 30.7 Å². The van der Waals surface area contributed by atoms with Gasteiger partial charge in [-0.3, -0.25) is 0 Å². The molecule has 0 radical (unpaired) electrons. The summed E-state index contributed by atoms with van der Waals surface area (Å²) >= 11 is 12.0. The summed E-state index contributed by atoms with van der Waals surface area (Å²) in [4.78, 5) is 0. The van der Waals surface area contributed by atoms with Crippen molar-refractivity contribution in [2.75, 3.05) is 6.54 Å². The minimum Gasteiger partial charge on any atom is -0.469 e. The lowest BCUT2D eigenvalue weighted by Crippen LogP contribution is -2.20. The largest absolute Gasteiger partial charge is 0.469 e. The maximum Gasteiger partial charge on any atom is 0.106 e. The highest BCUT2D eigenvalue weighted by atomic mass is 35.5. The SMILES string of the molecule is Cc1occc1C(O)C(CN)c1ccc(Cl)cc1Cl. The number of rotatable bonds is 4. The fraction of sp³-hybridized carbons (Fsp3) is 0.286. The maximum absolute atomic E-state index is 10.5. The number of aliphatic hydroxyl groups is 1. The molecule has 2 atom stereocenters. The highest BCUT2D eigenvalue weighted by Gasteiger charge is 2.25. The second-order valence-corrected chi connectivity index (χ2v) is 5.23. The van der Waals surface area contributed by atoms with E-state index in [0.29, 0.717) is 15.8 Å². The van der Waals surface area contributed by atoms with Crippen LogP contribution in [-0.4, -0.2) is 11.7 Å². The Kier molecular flexibility index (Phi) is 4.53. The summed E-state index contributed by atoms with van der Waals surface area (Å²) in [6.07, 6.45) is 0.785. The van der Waals surface area contributed by atoms with E-state index in [1.807, 2.05) is 0 Å². The zero-order chi connectivity index (χ0) is 14.0. The second-order valence-electron chi connectivity index (χ2n) is 4.38. The minimum atomic E-state index is -0.762. The van der Waals surface area contributed by atoms with Crippen molar-refractivity contribution in [2.45, 2.75) is 18.9 Å². The number of benzene rings is 1. The van der Waals surface area contributed by atoms with Gasteiger partial charge in [-0.1, -0.05) is 29.3 Å². The lowest BCUT2D eigenvalue weighted by molar-refractivity contribution is 0.145. The van der Waals surface area contributed by atoms with E-state index >= 15 is 0 Å². The lowest BCUT2D eigenvalue weighted by Gasteiger charge is -2.22. The normalized spacial score (nSPS) is 14.4. The molecule has 0 aliphatic carbocycles. The third-order valence-electron chi connectivity index (χ3n) is 3.21. The summed E-state index contributed by atoms with van der Waals surface area (Å²) in [5.74, 6) is 0.372. The van der Waals surface area contributed by atoms with E-state index in [4.69, 9.17) is 33.4 Å². The molecule has 0 bridgehead atoms. The van der Waals surface area contributed by atoms with Crippen molar-refractivity contribution >= 4 is 23.2 Å². The van der Waals surface area contributed by atoms with Gasteiger partial charge in [0.2, 0.25) is 0 Å². The third kappa shape index (κ3) is 2.95. The summed E-state index contributed by atoms with van der Waals surface area (Å²) in [6.45, 7) is 2.07. The second kappa shape index (κ2) is 5.97. The molecule has 102 valence electrons. The van der Waals surface area contributed by atoms with Crippen LogP contribution < -0.4 is 5.73 Å². The predicted octanol–water partition coefficient (Wildman–Crippen LogP) is 3.67. The quantitative estimate of drug-likeness (QED) is 0.905. The van der Waals surface area contributed by atoms with Crippen LogP contribution in [0.5, 0.6) is 0 Å². The molecule has 3 N–H and O–H groups in total. The molecule has 0 spiro atoms. The lowest BCUT2D eigenvalue weighted by atomic mass is 9.89. The van der Waals surface area contributed by atoms with E-state index in [-0.39, 0.29) is 12.5 Å². The van der Waals surface area contributed by atoms with Crippen LogP contribution in [0.2, 0.25) is 10.0 Å². The number of nitrogens with two attached hydrogens (primary N) is 1. The van der Waals surface area contributed by atoms with Crippen LogP contribution in [0.4, 0.5) is 0 Å². The fourth-order valence-electron chi connectivity index (χ4n) is 2.15. The third-order valence-corrected chi connectivity index (χ3v) is 3.78. The van der Waals surface area contributed by atoms with Crippen molar-refractivity contribution in [2.24, 2.45) is 5.73 Å². The first-order chi connectivity index (χ1) is 9.04. The minimum absolute atomic E-state index is 0.271. The summed E-state index contributed by atoms with van der Waals surface area (Å²) < 4.78 is 5.21. The summed E-state index contributed by atoms with van der Waals surface area (Å²) in [5.41, 5.74) is 7.29. The summed E-state index contributed by atoms with van der Waals surface area (Å²) in [5, 5.41) is 11.5. The molecule has 1 aromatic heterocycles. The Morgan fingerprint density at radius 1 is 1.26 bits per heavy atom. The number of aryl methyl sites for hydroxylation is 1. The number of furan rings is 1. The first kappa shape index (κ1) is 14.4. The number of halogens is 2. The molecular weight excluding hydrogens is 285 g/mol. The molecule has 2 unspecified atom stereocenters. The molecule has 1 heterocycles. The molecule has 0 saturated heterocycles. The highest BCUT2D eigenvalue weighted by molar-refractivity contribution is 6.35. The number of hydrogen-bond donors (Lipinski definition) is 2. The molecule has 19 heavy (non-hydrogen) atoms. The van der Waals surface area contributed by atoms with Gasteiger partial charge in [0.05, 0.1) is 12.4 Å². The first-order valence-corrected chi connectivity index (χ1v) is 6.67. The van der Waals surface area contributed by atoms with Gasteiger partial charge in [0, 0.05) is 28.1 Å². The van der Waals surface area contributed by atoms with E-state index < -0.39 is 6.10 Å². The van der Waals surface area contributed by atoms with Gasteiger partial charge in [-0.25, -0.2) is 0 Å². The first-order valence-electron chi connectivity index (χ1n) is 5.91. The van der Waals surface area contributed by atoms with Gasteiger partial charge >= 0.3 is 0 Å². The highest BCUT2D eigenvalue weighted by Crippen LogP contribution is 2.36. The Hall–Kier alpha value is -1.000. The zero-order valence-electron chi connectivity index (χ0n) is 10.4. The van der Waals surface area contributed by atoms with Gasteiger partial charge < -0.3 is 15.3 Å². The maximum atomic E-state index is 10.5. The zero-order valence-corrected chi connectivity index (χ0v) is 11.9. The van der Waals surface area contributed by atoms with Crippen LogP contribution in [0.15, 0.2) is 34.9 Å². The standard InChI is InChI=1S/C14H15Cl2NO2/c1-8-10(4-5-19-8)14(18)12(7-17)11-3-2-9(15)6-13(11)16/h2-6,12,14,18H,7,17H2,1H3. The summed E-state index contributed by atoms with van der Waals surface area (Å²) in [6, 6.07) is 6.92. The van der Waals surface area contributed by atoms with Crippen LogP contribution in [0.3, 0.4) is 0 Å². The Morgan fingerprint density at radius 2 is 2.00 bits per heavy atom. The van der Waals surface area contributed by atoms with Crippen LogP contribution in [0.25, 0.3) is 0 Å². The molecule has 0 saturated carbocycles. The van der Waals surface area contributed by atoms with Gasteiger partial charge in [-0.2, -0.15) is 0 Å². The van der Waals surface area contributed by atoms with Gasteiger partial charge in [0.1, 0.15) is 5.76 Å². The molecule has 2 aromatic rings. The van der Waals surface area contributed by atoms with E-state index in [1.165, 1.54) is 0 Å². The predicted molar refractivity (Wildman–Crippen MR) is 76.7 cm³/mol. The van der Waals surface area contributed by atoms with E-state index in [0.717, 1.165) is 11.1 Å². The van der Waals surface area contributed by atoms with Crippen LogP contribution in [-0.2, 0) is 0 Å². The number of aliphatic hydroxyl groups excluding tert-OH is 1. The Labute approximate surface area is 121 Å². The molecule has 0 fully saturated rings. The van der Waals surface area contributed by atoms with Gasteiger partial charge in [0.15, 0.2) is 0 Å². The van der Waals surface area contributed by atoms with E-state index in [2.05, 4.69) is 0 Å². The van der Waals surface area contributed by atoms with Crippen LogP contribution >= 0.6 is 23.2 Å². The molecule has 5 heteroatoms. The van der Waals surface area contributed by atoms with Crippen molar-refractivity contribution in [3.05, 3.63) is 57.5 Å².